The molecular formula is C31H25F3O6S4. The number of carbonyl (C=O) groups excluding carboxylic acids is 1. The first-order valence-corrected chi connectivity index (χ1v) is 17.4. The summed E-state index contributed by atoms with van der Waals surface area (Å²) in [5.74, 6) is 0.852. The summed E-state index contributed by atoms with van der Waals surface area (Å²) in [6.07, 6.45) is 0. The van der Waals surface area contributed by atoms with Gasteiger partial charge in [0.25, 0.3) is 0 Å². The second kappa shape index (κ2) is 12.4. The molecule has 0 fully saturated rings. The van der Waals surface area contributed by atoms with Crippen molar-refractivity contribution in [1.82, 2.24) is 0 Å². The number of hydrogen-bond acceptors (Lipinski definition) is 8. The zero-order chi connectivity index (χ0) is 31.7. The molecule has 0 amide bonds. The number of alkyl halides is 3. The van der Waals surface area contributed by atoms with Crippen LogP contribution in [0.1, 0.15) is 16.6 Å². The van der Waals surface area contributed by atoms with Gasteiger partial charge < -0.3 is 9.47 Å². The van der Waals surface area contributed by atoms with Crippen LogP contribution < -0.4 is 9.47 Å². The largest absolute Gasteiger partial charge is 0.524 e. The first-order valence-electron chi connectivity index (χ1n) is 12.8. The topological polar surface area (TPSA) is 78.9 Å². The first kappa shape index (κ1) is 31.8. The number of methoxy groups -OCH3 is 2. The van der Waals surface area contributed by atoms with Crippen LogP contribution in [0.25, 0.3) is 20.9 Å². The van der Waals surface area contributed by atoms with Gasteiger partial charge in [-0.15, -0.1) is 22.7 Å². The first-order chi connectivity index (χ1) is 20.9. The Bertz CT molecular complexity index is 1830. The summed E-state index contributed by atoms with van der Waals surface area (Å²) in [7, 11) is -6.68. The van der Waals surface area contributed by atoms with Crippen LogP contribution in [-0.2, 0) is 13.7 Å². The fourth-order valence-corrected chi connectivity index (χ4v) is 11.8. The minimum Gasteiger partial charge on any atom is -0.497 e. The van der Waals surface area contributed by atoms with Crippen molar-refractivity contribution in [3.63, 3.8) is 0 Å². The molecule has 0 radical (unpaired) electrons. The number of Topliss-reactive ketones (excluding diaryl/α,β-unsaturated/α-hetero) is 1. The SMILES string of the molecule is COc1ccc(S(OS(=O)(=O)C(F)(F)F)(c2ccc(OC)cc2)c2ccc(-c3ccc(-c4ccc(C(C)=O)s4)cc3)s2)cc1. The van der Waals surface area contributed by atoms with E-state index in [4.69, 9.17) is 13.1 Å². The van der Waals surface area contributed by atoms with Gasteiger partial charge in [-0.1, -0.05) is 24.3 Å². The van der Waals surface area contributed by atoms with Gasteiger partial charge >= 0.3 is 15.6 Å². The Morgan fingerprint density at radius 3 is 1.52 bits per heavy atom. The number of ketones is 1. The number of ether oxygens (including phenoxy) is 2. The third-order valence-electron chi connectivity index (χ3n) is 6.53. The quantitative estimate of drug-likeness (QED) is 0.108. The molecule has 0 bridgehead atoms. The Balaban J connectivity index is 1.66. The van der Waals surface area contributed by atoms with Crippen LogP contribution >= 0.6 is 33.0 Å². The minimum absolute atomic E-state index is 0.0153. The van der Waals surface area contributed by atoms with Gasteiger partial charge in [0.1, 0.15) is 11.5 Å². The number of benzene rings is 3. The third-order valence-corrected chi connectivity index (χ3v) is 14.3. The number of hydrogen-bond donors (Lipinski definition) is 0. The fraction of sp³-hybridized carbons (Fsp3) is 0.129. The highest BCUT2D eigenvalue weighted by atomic mass is 32.3. The van der Waals surface area contributed by atoms with E-state index in [2.05, 4.69) is 0 Å². The average molecular weight is 679 g/mol. The Labute approximate surface area is 262 Å². The van der Waals surface area contributed by atoms with Gasteiger partial charge in [0, 0.05) is 19.5 Å². The van der Waals surface area contributed by atoms with Crippen molar-refractivity contribution >= 4 is 48.9 Å². The van der Waals surface area contributed by atoms with E-state index in [1.165, 1.54) is 56.7 Å². The van der Waals surface area contributed by atoms with Crippen LogP contribution in [0.3, 0.4) is 0 Å². The van der Waals surface area contributed by atoms with Gasteiger partial charge in [-0.2, -0.15) is 25.2 Å². The minimum atomic E-state index is -6.07. The molecule has 0 aliphatic rings. The van der Waals surface area contributed by atoms with Crippen LogP contribution in [0.4, 0.5) is 13.2 Å². The molecule has 0 spiro atoms. The highest BCUT2D eigenvalue weighted by Crippen LogP contribution is 2.72. The van der Waals surface area contributed by atoms with Crippen LogP contribution in [0.15, 0.2) is 111 Å². The van der Waals surface area contributed by atoms with E-state index in [1.807, 2.05) is 30.3 Å². The molecule has 0 aliphatic carbocycles. The van der Waals surface area contributed by atoms with Crippen molar-refractivity contribution in [1.29, 1.82) is 0 Å². The monoisotopic (exact) mass is 678 g/mol. The Morgan fingerprint density at radius 1 is 0.659 bits per heavy atom. The maximum Gasteiger partial charge on any atom is 0.524 e. The lowest BCUT2D eigenvalue weighted by atomic mass is 10.1. The molecule has 44 heavy (non-hydrogen) atoms. The van der Waals surface area contributed by atoms with Crippen molar-refractivity contribution in [2.75, 3.05) is 14.2 Å². The van der Waals surface area contributed by atoms with Crippen LogP contribution in [-0.4, -0.2) is 33.9 Å². The number of rotatable bonds is 10. The molecule has 0 N–H and O–H groups in total. The van der Waals surface area contributed by atoms with Gasteiger partial charge in [0.2, 0.25) is 0 Å². The summed E-state index contributed by atoms with van der Waals surface area (Å²) >= 11 is 2.52. The predicted molar refractivity (Wildman–Crippen MR) is 168 cm³/mol. The Morgan fingerprint density at radius 2 is 1.11 bits per heavy atom. The van der Waals surface area contributed by atoms with E-state index in [-0.39, 0.29) is 19.8 Å². The van der Waals surface area contributed by atoms with Gasteiger partial charge in [0.15, 0.2) is 5.78 Å². The molecule has 6 nitrogen and oxygen atoms in total. The van der Waals surface area contributed by atoms with Crippen molar-refractivity contribution in [3.05, 3.63) is 102 Å². The van der Waals surface area contributed by atoms with Gasteiger partial charge in [-0.3, -0.25) is 4.79 Å². The summed E-state index contributed by atoms with van der Waals surface area (Å²) in [6.45, 7) is 1.51. The molecule has 3 aromatic carbocycles. The van der Waals surface area contributed by atoms with E-state index < -0.39 is 25.9 Å². The van der Waals surface area contributed by atoms with E-state index in [0.717, 1.165) is 27.3 Å². The van der Waals surface area contributed by atoms with Crippen LogP contribution in [0, 0.1) is 0 Å². The number of carbonyl (C=O) groups is 1. The molecule has 2 heterocycles. The van der Waals surface area contributed by atoms with E-state index >= 15 is 0 Å². The lowest BCUT2D eigenvalue weighted by molar-refractivity contribution is -0.0496. The highest BCUT2D eigenvalue weighted by Gasteiger charge is 2.53. The lowest BCUT2D eigenvalue weighted by Gasteiger charge is -2.38. The Hall–Kier alpha value is -3.62. The second-order valence-electron chi connectivity index (χ2n) is 9.29. The standard InChI is InChI=1S/C31H25F3O6S4/c1-20(35)27-16-17-28(41-27)21-4-6-22(7-5-21)29-18-19-30(42-29)43(40-44(36,37)31(32,33)34,25-12-8-23(38-2)9-13-25)26-14-10-24(39-3)11-15-26/h4-19H,1-3H3. The third kappa shape index (κ3) is 6.15. The van der Waals surface area contributed by atoms with Gasteiger partial charge in [-0.25, -0.2) is 0 Å². The van der Waals surface area contributed by atoms with Crippen LogP contribution in [0.2, 0.25) is 0 Å². The number of halogens is 3. The summed E-state index contributed by atoms with van der Waals surface area (Å²) in [5.41, 5.74) is -3.99. The summed E-state index contributed by atoms with van der Waals surface area (Å²) in [4.78, 5) is 14.4. The van der Waals surface area contributed by atoms with E-state index in [9.17, 15) is 26.4 Å². The van der Waals surface area contributed by atoms with Crippen molar-refractivity contribution in [2.24, 2.45) is 0 Å². The molecular weight excluding hydrogens is 654 g/mol. The van der Waals surface area contributed by atoms with Gasteiger partial charge in [0.05, 0.1) is 23.3 Å². The predicted octanol–water partition coefficient (Wildman–Crippen LogP) is 9.43. The molecule has 0 saturated carbocycles. The van der Waals surface area contributed by atoms with Crippen molar-refractivity contribution in [3.8, 4) is 32.4 Å². The van der Waals surface area contributed by atoms with Crippen molar-refractivity contribution < 1.29 is 39.5 Å². The zero-order valence-electron chi connectivity index (χ0n) is 23.5. The summed E-state index contributed by atoms with van der Waals surface area (Å²) < 4.78 is 83.3. The molecule has 0 atom stereocenters. The molecule has 0 saturated heterocycles. The lowest BCUT2D eigenvalue weighted by Crippen LogP contribution is -2.27. The maximum absolute atomic E-state index is 13.9. The summed E-state index contributed by atoms with van der Waals surface area (Å²) in [5, 5.41) is 0. The molecule has 5 aromatic rings. The molecule has 0 aliphatic heterocycles. The van der Waals surface area contributed by atoms with Crippen molar-refractivity contribution in [2.45, 2.75) is 26.4 Å². The smallest absolute Gasteiger partial charge is 0.497 e. The molecule has 2 aromatic heterocycles. The fourth-order valence-electron chi connectivity index (χ4n) is 4.30. The van der Waals surface area contributed by atoms with E-state index in [0.29, 0.717) is 21.3 Å². The molecule has 5 rings (SSSR count). The summed E-state index contributed by atoms with van der Waals surface area (Å²) in [6, 6.07) is 26.7. The average Bonchev–Trinajstić information content (AvgIpc) is 3.71. The highest BCUT2D eigenvalue weighted by molar-refractivity contribution is 8.34. The molecule has 13 heteroatoms. The Kier molecular flexibility index (Phi) is 8.96. The number of thiophene rings is 2. The zero-order valence-corrected chi connectivity index (χ0v) is 26.7. The molecule has 230 valence electrons. The molecule has 0 unspecified atom stereocenters. The van der Waals surface area contributed by atoms with Gasteiger partial charge in [-0.05, 0) is 101 Å². The second-order valence-corrected chi connectivity index (χ2v) is 16.1. The van der Waals surface area contributed by atoms with Crippen LogP contribution in [0.5, 0.6) is 11.5 Å². The normalized spacial score (nSPS) is 12.6. The maximum atomic E-state index is 13.9. The van der Waals surface area contributed by atoms with E-state index in [1.54, 1.807) is 42.5 Å².